The Morgan fingerprint density at radius 2 is 1.50 bits per heavy atom. The van der Waals surface area contributed by atoms with Gasteiger partial charge in [0, 0.05) is 6.42 Å². The van der Waals surface area contributed by atoms with E-state index in [0.29, 0.717) is 6.42 Å². The van der Waals surface area contributed by atoms with Crippen molar-refractivity contribution in [3.63, 3.8) is 0 Å². The molecular formula is C15H19N3O4. The molecule has 1 aromatic rings. The third-order valence-corrected chi connectivity index (χ3v) is 3.48. The second-order valence-electron chi connectivity index (χ2n) is 5.22. The van der Waals surface area contributed by atoms with E-state index < -0.39 is 42.5 Å². The first-order valence-electron chi connectivity index (χ1n) is 7.07. The molecule has 4 N–H and O–H groups in total. The standard InChI is InChI=1S/C15H19N3O4/c1-9-13(20)17-11(7-10-5-3-2-4-6-10)14(21)18-12(8-19)15(22)16-9/h2-6,9,11-12,19H,7-8H2,1H3,(H,16,22)(H,17,20)(H,18,21)/t9-,11-,12-/m0/s1. The first kappa shape index (κ1) is 16.0. The van der Waals surface area contributed by atoms with Crippen molar-refractivity contribution in [1.29, 1.82) is 0 Å². The van der Waals surface area contributed by atoms with Crippen LogP contribution in [0.15, 0.2) is 30.3 Å². The molecule has 1 heterocycles. The van der Waals surface area contributed by atoms with Crippen molar-refractivity contribution < 1.29 is 19.5 Å². The van der Waals surface area contributed by atoms with E-state index in [0.717, 1.165) is 5.56 Å². The summed E-state index contributed by atoms with van der Waals surface area (Å²) in [5.41, 5.74) is 0.884. The lowest BCUT2D eigenvalue weighted by molar-refractivity contribution is -0.130. The Kier molecular flexibility index (Phi) is 5.11. The molecular weight excluding hydrogens is 286 g/mol. The molecule has 0 spiro atoms. The summed E-state index contributed by atoms with van der Waals surface area (Å²) in [6.07, 6.45) is 0.303. The van der Waals surface area contributed by atoms with Gasteiger partial charge in [0.1, 0.15) is 18.1 Å². The number of amides is 3. The first-order valence-corrected chi connectivity index (χ1v) is 7.07. The van der Waals surface area contributed by atoms with Crippen molar-refractivity contribution in [3.8, 4) is 0 Å². The molecule has 0 saturated carbocycles. The van der Waals surface area contributed by atoms with Crippen molar-refractivity contribution in [2.24, 2.45) is 0 Å². The minimum absolute atomic E-state index is 0.303. The van der Waals surface area contributed by atoms with Crippen LogP contribution in [-0.2, 0) is 20.8 Å². The van der Waals surface area contributed by atoms with Gasteiger partial charge in [0.05, 0.1) is 6.61 Å². The fourth-order valence-electron chi connectivity index (χ4n) is 2.20. The minimum Gasteiger partial charge on any atom is -0.394 e. The third-order valence-electron chi connectivity index (χ3n) is 3.48. The molecule has 1 fully saturated rings. The maximum absolute atomic E-state index is 12.3. The first-order chi connectivity index (χ1) is 10.5. The van der Waals surface area contributed by atoms with E-state index in [2.05, 4.69) is 16.0 Å². The fraction of sp³-hybridized carbons (Fsp3) is 0.400. The van der Waals surface area contributed by atoms with Gasteiger partial charge in [-0.15, -0.1) is 0 Å². The summed E-state index contributed by atoms with van der Waals surface area (Å²) in [5.74, 6) is -1.53. The molecule has 0 radical (unpaired) electrons. The smallest absolute Gasteiger partial charge is 0.245 e. The van der Waals surface area contributed by atoms with E-state index in [1.807, 2.05) is 30.3 Å². The van der Waals surface area contributed by atoms with Crippen LogP contribution in [0.1, 0.15) is 12.5 Å². The van der Waals surface area contributed by atoms with Crippen LogP contribution in [0.4, 0.5) is 0 Å². The Morgan fingerprint density at radius 3 is 2.14 bits per heavy atom. The van der Waals surface area contributed by atoms with Crippen molar-refractivity contribution in [1.82, 2.24) is 16.0 Å². The van der Waals surface area contributed by atoms with Crippen LogP contribution < -0.4 is 16.0 Å². The number of aliphatic hydroxyl groups excluding tert-OH is 1. The summed E-state index contributed by atoms with van der Waals surface area (Å²) < 4.78 is 0. The highest BCUT2D eigenvalue weighted by Gasteiger charge is 2.31. The number of aliphatic hydroxyl groups is 1. The van der Waals surface area contributed by atoms with Crippen molar-refractivity contribution in [2.75, 3.05) is 6.61 Å². The number of carbonyl (C=O) groups is 3. The SMILES string of the molecule is C[C@@H]1NC(=O)[C@H](CO)NC(=O)[C@H](Cc2ccccc2)NC1=O. The predicted octanol–water partition coefficient (Wildman–Crippen LogP) is -1.29. The highest BCUT2D eigenvalue weighted by molar-refractivity contribution is 5.97. The molecule has 1 aliphatic heterocycles. The Labute approximate surface area is 128 Å². The topological polar surface area (TPSA) is 108 Å². The van der Waals surface area contributed by atoms with Gasteiger partial charge in [-0.1, -0.05) is 30.3 Å². The Bertz CT molecular complexity index is 561. The van der Waals surface area contributed by atoms with Gasteiger partial charge in [0.25, 0.3) is 0 Å². The van der Waals surface area contributed by atoms with Crippen LogP contribution >= 0.6 is 0 Å². The van der Waals surface area contributed by atoms with E-state index in [-0.39, 0.29) is 0 Å². The Morgan fingerprint density at radius 1 is 0.909 bits per heavy atom. The van der Waals surface area contributed by atoms with E-state index in [1.54, 1.807) is 0 Å². The van der Waals surface area contributed by atoms with Gasteiger partial charge >= 0.3 is 0 Å². The zero-order chi connectivity index (χ0) is 16.1. The van der Waals surface area contributed by atoms with E-state index in [1.165, 1.54) is 6.92 Å². The molecule has 2 rings (SSSR count). The quantitative estimate of drug-likeness (QED) is 0.557. The van der Waals surface area contributed by atoms with E-state index in [9.17, 15) is 19.5 Å². The van der Waals surface area contributed by atoms with Crippen molar-refractivity contribution in [3.05, 3.63) is 35.9 Å². The lowest BCUT2D eigenvalue weighted by Gasteiger charge is -2.19. The minimum atomic E-state index is -1.07. The molecule has 0 aromatic heterocycles. The monoisotopic (exact) mass is 305 g/mol. The summed E-state index contributed by atoms with van der Waals surface area (Å²) in [5, 5.41) is 16.8. The third kappa shape index (κ3) is 3.82. The van der Waals surface area contributed by atoms with Crippen LogP contribution in [0, 0.1) is 0 Å². The molecule has 118 valence electrons. The summed E-state index contributed by atoms with van der Waals surface area (Å²) in [6, 6.07) is 6.58. The highest BCUT2D eigenvalue weighted by atomic mass is 16.3. The normalized spacial score (nSPS) is 26.1. The summed E-state index contributed by atoms with van der Waals surface area (Å²) in [6.45, 7) is 0.994. The van der Waals surface area contributed by atoms with E-state index >= 15 is 0 Å². The van der Waals surface area contributed by atoms with Gasteiger partial charge in [-0.25, -0.2) is 0 Å². The van der Waals surface area contributed by atoms with Crippen LogP contribution in [0.2, 0.25) is 0 Å². The maximum atomic E-state index is 12.3. The van der Waals surface area contributed by atoms with Crippen LogP contribution in [0.3, 0.4) is 0 Å². The number of nitrogens with one attached hydrogen (secondary N) is 3. The van der Waals surface area contributed by atoms with Gasteiger partial charge < -0.3 is 21.1 Å². The summed E-state index contributed by atoms with van der Waals surface area (Å²) in [7, 11) is 0. The number of hydrogen-bond acceptors (Lipinski definition) is 4. The zero-order valence-corrected chi connectivity index (χ0v) is 12.2. The molecule has 3 atom stereocenters. The van der Waals surface area contributed by atoms with Crippen LogP contribution in [0.5, 0.6) is 0 Å². The molecule has 0 bridgehead atoms. The second-order valence-corrected chi connectivity index (χ2v) is 5.22. The van der Waals surface area contributed by atoms with Gasteiger partial charge in [0.2, 0.25) is 17.7 Å². The lowest BCUT2D eigenvalue weighted by atomic mass is 10.0. The maximum Gasteiger partial charge on any atom is 0.245 e. The molecule has 3 amide bonds. The molecule has 22 heavy (non-hydrogen) atoms. The molecule has 7 nitrogen and oxygen atoms in total. The molecule has 0 aliphatic carbocycles. The molecule has 1 saturated heterocycles. The molecule has 7 heteroatoms. The average molecular weight is 305 g/mol. The van der Waals surface area contributed by atoms with Crippen molar-refractivity contribution >= 4 is 17.7 Å². The largest absolute Gasteiger partial charge is 0.394 e. The van der Waals surface area contributed by atoms with Crippen LogP contribution in [-0.4, -0.2) is 47.6 Å². The average Bonchev–Trinajstić information content (AvgIpc) is 2.54. The fourth-order valence-corrected chi connectivity index (χ4v) is 2.20. The number of carbonyl (C=O) groups excluding carboxylic acids is 3. The molecule has 1 aromatic carbocycles. The number of hydrogen-bond donors (Lipinski definition) is 4. The lowest BCUT2D eigenvalue weighted by Crippen LogP contribution is -2.52. The highest BCUT2D eigenvalue weighted by Crippen LogP contribution is 2.05. The van der Waals surface area contributed by atoms with E-state index in [4.69, 9.17) is 0 Å². The predicted molar refractivity (Wildman–Crippen MR) is 78.7 cm³/mol. The summed E-state index contributed by atoms with van der Waals surface area (Å²) >= 11 is 0. The number of rotatable bonds is 3. The van der Waals surface area contributed by atoms with Gasteiger partial charge in [-0.05, 0) is 12.5 Å². The van der Waals surface area contributed by atoms with Crippen molar-refractivity contribution in [2.45, 2.75) is 31.5 Å². The molecule has 1 aliphatic rings. The number of benzene rings is 1. The Hall–Kier alpha value is -2.41. The van der Waals surface area contributed by atoms with Crippen LogP contribution in [0.25, 0.3) is 0 Å². The molecule has 0 unspecified atom stereocenters. The van der Waals surface area contributed by atoms with Gasteiger partial charge in [-0.3, -0.25) is 14.4 Å². The van der Waals surface area contributed by atoms with Gasteiger partial charge in [0.15, 0.2) is 0 Å². The second kappa shape index (κ2) is 7.04. The Balaban J connectivity index is 2.21. The summed E-state index contributed by atoms with van der Waals surface area (Å²) in [4.78, 5) is 36.2. The zero-order valence-electron chi connectivity index (χ0n) is 12.2. The van der Waals surface area contributed by atoms with Gasteiger partial charge in [-0.2, -0.15) is 0 Å².